The maximum absolute atomic E-state index is 14.6. The standard InChI is InChI=1S/C78H78Cl4N4O4S4/c1-8-13-18-23-24-29-34-90-70-64-66-76(72-54(78(66,32-27-21-16-11-4)33-28-22-17-12-5)38-46(92-72)36-52-62(60(44-84)86-7)48-40-56(80)58(82)42-50(48)68(52)88)93-73(64)69(89)63-65-75(94-74(63)70)71-53(77(65,30-25-19-14-9-2)31-26-20-15-10-3)37-45(91-71)35-51-61(59(43-83)85-6)47-39-55(79)57(81)41-49(47)67(51)87/h35-42,89H,8-34H2,1-5H3/b51-35-,52-36-,61-59-,62-60+. The highest BCUT2D eigenvalue weighted by molar-refractivity contribution is 7.29. The predicted octanol–water partition coefficient (Wildman–Crippen LogP) is 26.6. The molecule has 94 heavy (non-hydrogen) atoms. The second-order valence-corrected chi connectivity index (χ2v) is 31.6. The van der Waals surface area contributed by atoms with Crippen LogP contribution in [0.3, 0.4) is 0 Å². The van der Waals surface area contributed by atoms with Crippen LogP contribution < -0.4 is 4.74 Å². The Bertz CT molecular complexity index is 4280. The van der Waals surface area contributed by atoms with Crippen LogP contribution in [-0.2, 0) is 10.8 Å². The Morgan fingerprint density at radius 2 is 0.862 bits per heavy atom. The average Bonchev–Trinajstić information content (AvgIpc) is 1.51. The average molecular weight is 1410 g/mol. The first-order valence-corrected chi connectivity index (χ1v) is 38.7. The van der Waals surface area contributed by atoms with Gasteiger partial charge in [-0.05, 0) is 114 Å². The molecule has 0 amide bonds. The third-order valence-corrected chi connectivity index (χ3v) is 26.2. The summed E-state index contributed by atoms with van der Waals surface area (Å²) in [4.78, 5) is 42.7. The Balaban J connectivity index is 1.18. The number of unbranched alkanes of at least 4 members (excludes halogenated alkanes) is 17. The molecule has 7 aromatic rings. The van der Waals surface area contributed by atoms with E-state index in [1.165, 1.54) is 35.1 Å². The number of fused-ring (bicyclic) bond motifs is 12. The number of ketones is 2. The van der Waals surface area contributed by atoms with Crippen LogP contribution in [-0.4, -0.2) is 23.3 Å². The number of carbonyl (C=O) groups excluding carboxylic acids is 2. The summed E-state index contributed by atoms with van der Waals surface area (Å²) in [5.74, 6) is 0.504. The largest absolute Gasteiger partial charge is 0.506 e. The summed E-state index contributed by atoms with van der Waals surface area (Å²) < 4.78 is 9.35. The van der Waals surface area contributed by atoms with Crippen LogP contribution in [0.5, 0.6) is 11.5 Å². The summed E-state index contributed by atoms with van der Waals surface area (Å²) in [6.07, 6.45) is 30.8. The topological polar surface area (TPSA) is 120 Å². The zero-order chi connectivity index (χ0) is 66.6. The molecular weight excluding hydrogens is 1330 g/mol. The van der Waals surface area contributed by atoms with E-state index in [2.05, 4.69) is 68.6 Å². The monoisotopic (exact) mass is 1400 g/mol. The maximum Gasteiger partial charge on any atom is 0.270 e. The van der Waals surface area contributed by atoms with E-state index in [-0.39, 0.29) is 65.3 Å². The van der Waals surface area contributed by atoms with E-state index in [4.69, 9.17) is 64.3 Å². The van der Waals surface area contributed by atoms with Gasteiger partial charge in [-0.3, -0.25) is 9.59 Å². The third-order valence-electron chi connectivity index (χ3n) is 19.8. The lowest BCUT2D eigenvalue weighted by Crippen LogP contribution is -2.26. The number of phenols is 1. The third kappa shape index (κ3) is 12.5. The number of nitriles is 2. The van der Waals surface area contributed by atoms with E-state index in [0.717, 1.165) is 209 Å². The number of aromatic hydroxyl groups is 1. The van der Waals surface area contributed by atoms with E-state index in [9.17, 15) is 25.2 Å². The number of phenolic OH excluding ortho intramolecular Hbond substituents is 1. The number of nitrogens with zero attached hydrogens (tertiary/aromatic N) is 4. The lowest BCUT2D eigenvalue weighted by atomic mass is 9.69. The molecule has 4 aromatic heterocycles. The number of carbonyl (C=O) groups is 2. The van der Waals surface area contributed by atoms with Crippen LogP contribution in [0.2, 0.25) is 20.1 Å². The van der Waals surface area contributed by atoms with Gasteiger partial charge in [-0.15, -0.1) is 45.3 Å². The molecule has 0 fully saturated rings. The number of rotatable bonds is 30. The lowest BCUT2D eigenvalue weighted by Gasteiger charge is -2.33. The Kier molecular flexibility index (Phi) is 22.3. The van der Waals surface area contributed by atoms with Crippen molar-refractivity contribution in [2.45, 2.75) is 212 Å². The molecule has 0 radical (unpaired) electrons. The van der Waals surface area contributed by atoms with Crippen molar-refractivity contribution in [2.24, 2.45) is 0 Å². The van der Waals surface area contributed by atoms with Gasteiger partial charge in [0.25, 0.3) is 11.4 Å². The maximum atomic E-state index is 14.6. The molecule has 4 aliphatic rings. The van der Waals surface area contributed by atoms with Gasteiger partial charge in [0.2, 0.25) is 0 Å². The van der Waals surface area contributed by atoms with E-state index < -0.39 is 10.8 Å². The van der Waals surface area contributed by atoms with Gasteiger partial charge in [-0.1, -0.05) is 216 Å². The fraction of sp³-hybridized carbons (Fsp3) is 0.436. The van der Waals surface area contributed by atoms with E-state index in [1.54, 1.807) is 69.6 Å². The van der Waals surface area contributed by atoms with Crippen molar-refractivity contribution in [3.8, 4) is 43.1 Å². The minimum Gasteiger partial charge on any atom is -0.506 e. The van der Waals surface area contributed by atoms with Crippen molar-refractivity contribution in [1.29, 1.82) is 10.5 Å². The van der Waals surface area contributed by atoms with Gasteiger partial charge in [0.15, 0.2) is 11.6 Å². The summed E-state index contributed by atoms with van der Waals surface area (Å²) in [5, 5.41) is 37.5. The van der Waals surface area contributed by atoms with E-state index in [1.807, 2.05) is 12.2 Å². The minimum atomic E-state index is -0.512. The van der Waals surface area contributed by atoms with Crippen LogP contribution in [0.1, 0.15) is 265 Å². The fourth-order valence-corrected chi connectivity index (χ4v) is 21.4. The normalized spacial score (nSPS) is 16.5. The van der Waals surface area contributed by atoms with Gasteiger partial charge < -0.3 is 9.84 Å². The first kappa shape index (κ1) is 69.4. The van der Waals surface area contributed by atoms with Crippen LogP contribution in [0.25, 0.3) is 72.7 Å². The summed E-state index contributed by atoms with van der Waals surface area (Å²) in [7, 11) is 0. The molecule has 486 valence electrons. The second kappa shape index (κ2) is 30.2. The molecular formula is C78H78Cl4N4O4S4. The van der Waals surface area contributed by atoms with Crippen LogP contribution in [0, 0.1) is 35.8 Å². The molecule has 4 heterocycles. The van der Waals surface area contributed by atoms with Gasteiger partial charge in [-0.25, -0.2) is 20.2 Å². The number of thiophene rings is 4. The van der Waals surface area contributed by atoms with Crippen LogP contribution in [0.15, 0.2) is 58.9 Å². The Labute approximate surface area is 590 Å². The van der Waals surface area contributed by atoms with Crippen molar-refractivity contribution >= 4 is 147 Å². The number of hydrogen-bond donors (Lipinski definition) is 1. The number of benzene rings is 3. The fourth-order valence-electron chi connectivity index (χ4n) is 15.3. The molecule has 0 aliphatic heterocycles. The van der Waals surface area contributed by atoms with E-state index in [0.29, 0.717) is 34.6 Å². The minimum absolute atomic E-state index is 0.189. The summed E-state index contributed by atoms with van der Waals surface area (Å²) in [6.45, 7) is 27.9. The molecule has 11 rings (SSSR count). The lowest BCUT2D eigenvalue weighted by molar-refractivity contribution is 0.103. The van der Waals surface area contributed by atoms with Gasteiger partial charge >= 0.3 is 0 Å². The summed E-state index contributed by atoms with van der Waals surface area (Å²) >= 11 is 32.9. The molecule has 1 N–H and O–H groups in total. The summed E-state index contributed by atoms with van der Waals surface area (Å²) in [5.41, 5.74) is 5.96. The van der Waals surface area contributed by atoms with Crippen molar-refractivity contribution in [3.63, 3.8) is 0 Å². The molecule has 3 aromatic carbocycles. The smallest absolute Gasteiger partial charge is 0.270 e. The first-order chi connectivity index (χ1) is 45.6. The van der Waals surface area contributed by atoms with Crippen LogP contribution >= 0.6 is 91.8 Å². The molecule has 0 bridgehead atoms. The Morgan fingerprint density at radius 1 is 0.500 bits per heavy atom. The van der Waals surface area contributed by atoms with Crippen molar-refractivity contribution in [2.75, 3.05) is 6.61 Å². The molecule has 8 nitrogen and oxygen atoms in total. The highest BCUT2D eigenvalue weighted by atomic mass is 35.5. The zero-order valence-corrected chi connectivity index (χ0v) is 60.6. The zero-order valence-electron chi connectivity index (χ0n) is 54.3. The highest BCUT2D eigenvalue weighted by Gasteiger charge is 2.51. The quantitative estimate of drug-likeness (QED) is 0.0207. The molecule has 0 spiro atoms. The number of allylic oxidation sites excluding steroid dienone is 6. The van der Waals surface area contributed by atoms with Crippen molar-refractivity contribution in [1.82, 2.24) is 0 Å². The second-order valence-electron chi connectivity index (χ2n) is 25.8. The molecule has 0 atom stereocenters. The van der Waals surface area contributed by atoms with Crippen molar-refractivity contribution in [3.05, 3.63) is 156 Å². The SMILES string of the molecule is [C-]#[N+]/C(C#N)=C1\C(=C\c2cc3c(s2)-c2sc4c(OCCCCCCCC)c5c6c(sc5c(O)c4c2C3(CCCCCC)CCCCCC)-c2sc(/C=C3\C(=O)c4cc(Cl)c(Cl)cc4\C3=C(\C#N)[N+]#[C-])cc2C6(CCCCCC)CCCCCC)C(=O)c2cc(Cl)c(Cl)cc21. The summed E-state index contributed by atoms with van der Waals surface area (Å²) in [6, 6.07) is 15.0. The molecule has 16 heteroatoms. The van der Waals surface area contributed by atoms with Crippen molar-refractivity contribution < 1.29 is 19.4 Å². The molecule has 4 aliphatic carbocycles. The number of halogens is 4. The predicted molar refractivity (Wildman–Crippen MR) is 397 cm³/mol. The molecule has 0 saturated heterocycles. The molecule has 0 unspecified atom stereocenters. The van der Waals surface area contributed by atoms with Gasteiger partial charge in [0, 0.05) is 74.5 Å². The van der Waals surface area contributed by atoms with Crippen LogP contribution in [0.4, 0.5) is 0 Å². The highest BCUT2D eigenvalue weighted by Crippen LogP contribution is 2.69. The molecule has 0 saturated carbocycles. The van der Waals surface area contributed by atoms with Gasteiger partial charge in [0.1, 0.15) is 11.5 Å². The Hall–Kier alpha value is -6.00. The number of Topliss-reactive ketones (excluding diaryl/α,β-unsaturated/α-hetero) is 2. The number of ether oxygens (including phenoxy) is 1. The first-order valence-electron chi connectivity index (χ1n) is 33.9. The number of hydrogen-bond acceptors (Lipinski definition) is 10. The van der Waals surface area contributed by atoms with Gasteiger partial charge in [0.05, 0.1) is 71.1 Å². The van der Waals surface area contributed by atoms with E-state index >= 15 is 0 Å². The van der Waals surface area contributed by atoms with Gasteiger partial charge in [-0.2, -0.15) is 0 Å². The Morgan fingerprint density at radius 3 is 1.26 bits per heavy atom.